The summed E-state index contributed by atoms with van der Waals surface area (Å²) in [6.45, 7) is 3.08. The molecular formula is C21H22ClNO2S. The minimum atomic E-state index is -0.155. The van der Waals surface area contributed by atoms with E-state index in [0.29, 0.717) is 29.2 Å². The lowest BCUT2D eigenvalue weighted by Crippen LogP contribution is -2.42. The van der Waals surface area contributed by atoms with Crippen molar-refractivity contribution in [2.24, 2.45) is 5.92 Å². The van der Waals surface area contributed by atoms with Gasteiger partial charge in [-0.2, -0.15) is 0 Å². The largest absolute Gasteiger partial charge is 0.338 e. The van der Waals surface area contributed by atoms with Gasteiger partial charge in [-0.25, -0.2) is 0 Å². The Hall–Kier alpha value is -1.78. The van der Waals surface area contributed by atoms with Gasteiger partial charge in [-0.1, -0.05) is 11.6 Å². The highest BCUT2D eigenvalue weighted by Crippen LogP contribution is 2.25. The molecule has 26 heavy (non-hydrogen) atoms. The summed E-state index contributed by atoms with van der Waals surface area (Å²) in [6.07, 6.45) is 3.67. The molecule has 1 fully saturated rings. The fourth-order valence-corrected chi connectivity index (χ4v) is 4.05. The molecule has 0 spiro atoms. The summed E-state index contributed by atoms with van der Waals surface area (Å²) in [7, 11) is 0. The fraction of sp³-hybridized carbons (Fsp3) is 0.333. The van der Waals surface area contributed by atoms with Crippen molar-refractivity contribution >= 4 is 35.1 Å². The Balaban J connectivity index is 1.73. The number of thioether (sulfide) groups is 1. The minimum absolute atomic E-state index is 0.00276. The number of carbonyl (C=O) groups is 2. The van der Waals surface area contributed by atoms with Crippen molar-refractivity contribution in [3.8, 4) is 0 Å². The highest BCUT2D eigenvalue weighted by molar-refractivity contribution is 7.98. The van der Waals surface area contributed by atoms with E-state index >= 15 is 0 Å². The van der Waals surface area contributed by atoms with Crippen LogP contribution in [0.2, 0.25) is 5.02 Å². The summed E-state index contributed by atoms with van der Waals surface area (Å²) in [5.74, 6) is -0.0459. The van der Waals surface area contributed by atoms with Gasteiger partial charge in [-0.3, -0.25) is 9.59 Å². The van der Waals surface area contributed by atoms with Crippen LogP contribution in [-0.2, 0) is 0 Å². The number of hydrogen-bond acceptors (Lipinski definition) is 3. The number of benzene rings is 2. The van der Waals surface area contributed by atoms with E-state index in [9.17, 15) is 9.59 Å². The monoisotopic (exact) mass is 387 g/mol. The van der Waals surface area contributed by atoms with E-state index in [1.807, 2.05) is 48.4 Å². The Morgan fingerprint density at radius 2 is 1.88 bits per heavy atom. The number of ketones is 1. The fourth-order valence-electron chi connectivity index (χ4n) is 3.42. The number of piperidine rings is 1. The maximum atomic E-state index is 12.9. The molecule has 1 amide bonds. The molecule has 0 aromatic heterocycles. The van der Waals surface area contributed by atoms with Crippen LogP contribution in [0.15, 0.2) is 47.4 Å². The predicted octanol–water partition coefficient (Wildman–Crippen LogP) is 5.11. The molecule has 0 unspecified atom stereocenters. The molecule has 0 radical (unpaired) electrons. The van der Waals surface area contributed by atoms with Crippen molar-refractivity contribution in [3.63, 3.8) is 0 Å². The van der Waals surface area contributed by atoms with Gasteiger partial charge in [0.15, 0.2) is 5.78 Å². The van der Waals surface area contributed by atoms with Crippen LogP contribution in [0.1, 0.15) is 39.1 Å². The topological polar surface area (TPSA) is 37.4 Å². The molecule has 2 aromatic carbocycles. The molecule has 136 valence electrons. The molecule has 1 aliphatic rings. The van der Waals surface area contributed by atoms with Crippen molar-refractivity contribution in [1.82, 2.24) is 4.90 Å². The number of aryl methyl sites for hydroxylation is 1. The lowest BCUT2D eigenvalue weighted by atomic mass is 9.88. The first-order valence-corrected chi connectivity index (χ1v) is 10.3. The molecule has 1 saturated heterocycles. The lowest BCUT2D eigenvalue weighted by molar-refractivity contribution is 0.0637. The van der Waals surface area contributed by atoms with Gasteiger partial charge in [-0.15, -0.1) is 11.8 Å². The average Bonchev–Trinajstić information content (AvgIpc) is 2.67. The SMILES string of the molecule is CSc1ccc(C(=O)N2CCC[C@H](C(=O)c3ccc(Cl)cc3C)C2)cc1. The van der Waals surface area contributed by atoms with Gasteiger partial charge in [0, 0.05) is 40.1 Å². The van der Waals surface area contributed by atoms with Crippen molar-refractivity contribution in [2.45, 2.75) is 24.7 Å². The smallest absolute Gasteiger partial charge is 0.253 e. The standard InChI is InChI=1S/C21H22ClNO2S/c1-14-12-17(22)7-10-19(14)20(24)16-4-3-11-23(13-16)21(25)15-5-8-18(26-2)9-6-15/h5-10,12,16H,3-4,11,13H2,1-2H3/t16-/m0/s1. The van der Waals surface area contributed by atoms with E-state index in [1.165, 1.54) is 0 Å². The van der Waals surface area contributed by atoms with E-state index in [2.05, 4.69) is 0 Å². The molecule has 0 bridgehead atoms. The van der Waals surface area contributed by atoms with Gasteiger partial charge in [0.25, 0.3) is 5.91 Å². The van der Waals surface area contributed by atoms with Crippen LogP contribution in [0.25, 0.3) is 0 Å². The summed E-state index contributed by atoms with van der Waals surface area (Å²) in [5, 5.41) is 0.633. The Morgan fingerprint density at radius 3 is 2.54 bits per heavy atom. The summed E-state index contributed by atoms with van der Waals surface area (Å²) in [6, 6.07) is 13.0. The van der Waals surface area contributed by atoms with Crippen LogP contribution in [0.4, 0.5) is 0 Å². The normalized spacial score (nSPS) is 17.2. The Bertz CT molecular complexity index is 819. The number of hydrogen-bond donors (Lipinski definition) is 0. The zero-order valence-corrected chi connectivity index (χ0v) is 16.6. The van der Waals surface area contributed by atoms with Gasteiger partial charge in [-0.05, 0) is 74.0 Å². The number of halogens is 1. The minimum Gasteiger partial charge on any atom is -0.338 e. The molecule has 0 aliphatic carbocycles. The molecule has 2 aromatic rings. The molecule has 0 N–H and O–H groups in total. The zero-order chi connectivity index (χ0) is 18.7. The maximum absolute atomic E-state index is 12.9. The van der Waals surface area contributed by atoms with Crippen LogP contribution >= 0.6 is 23.4 Å². The summed E-state index contributed by atoms with van der Waals surface area (Å²) in [5.41, 5.74) is 2.27. The molecule has 1 aliphatic heterocycles. The molecule has 1 atom stereocenters. The van der Waals surface area contributed by atoms with Crippen molar-refractivity contribution in [3.05, 3.63) is 64.2 Å². The summed E-state index contributed by atoms with van der Waals surface area (Å²) < 4.78 is 0. The molecule has 0 saturated carbocycles. The third-order valence-corrected chi connectivity index (χ3v) is 5.85. The maximum Gasteiger partial charge on any atom is 0.253 e. The average molecular weight is 388 g/mol. The number of rotatable bonds is 4. The van der Waals surface area contributed by atoms with Crippen molar-refractivity contribution in [1.29, 1.82) is 0 Å². The Morgan fingerprint density at radius 1 is 1.15 bits per heavy atom. The highest BCUT2D eigenvalue weighted by Gasteiger charge is 2.30. The first kappa shape index (κ1) is 19.0. The van der Waals surface area contributed by atoms with Crippen LogP contribution in [-0.4, -0.2) is 35.9 Å². The van der Waals surface area contributed by atoms with Gasteiger partial charge < -0.3 is 4.90 Å². The van der Waals surface area contributed by atoms with Crippen LogP contribution < -0.4 is 0 Å². The lowest BCUT2D eigenvalue weighted by Gasteiger charge is -2.32. The van der Waals surface area contributed by atoms with Gasteiger partial charge in [0.2, 0.25) is 0 Å². The quantitative estimate of drug-likeness (QED) is 0.540. The first-order valence-electron chi connectivity index (χ1n) is 8.73. The second kappa shape index (κ2) is 8.28. The Kier molecular flexibility index (Phi) is 6.05. The molecule has 1 heterocycles. The van der Waals surface area contributed by atoms with E-state index in [-0.39, 0.29) is 17.6 Å². The number of Topliss-reactive ketones (excluding diaryl/α,β-unsaturated/α-hetero) is 1. The summed E-state index contributed by atoms with van der Waals surface area (Å²) >= 11 is 7.65. The third kappa shape index (κ3) is 4.13. The number of nitrogens with zero attached hydrogens (tertiary/aromatic N) is 1. The van der Waals surface area contributed by atoms with Crippen LogP contribution in [0.3, 0.4) is 0 Å². The zero-order valence-electron chi connectivity index (χ0n) is 15.0. The number of likely N-dealkylation sites (tertiary alicyclic amines) is 1. The second-order valence-electron chi connectivity index (χ2n) is 6.64. The van der Waals surface area contributed by atoms with Gasteiger partial charge in [0.05, 0.1) is 0 Å². The van der Waals surface area contributed by atoms with E-state index in [0.717, 1.165) is 23.3 Å². The predicted molar refractivity (Wildman–Crippen MR) is 107 cm³/mol. The van der Waals surface area contributed by atoms with Crippen molar-refractivity contribution in [2.75, 3.05) is 19.3 Å². The van der Waals surface area contributed by atoms with Gasteiger partial charge in [0.1, 0.15) is 0 Å². The molecule has 5 heteroatoms. The third-order valence-electron chi connectivity index (χ3n) is 4.87. The van der Waals surface area contributed by atoms with E-state index in [4.69, 9.17) is 11.6 Å². The van der Waals surface area contributed by atoms with Crippen LogP contribution in [0.5, 0.6) is 0 Å². The highest BCUT2D eigenvalue weighted by atomic mass is 35.5. The molecular weight excluding hydrogens is 366 g/mol. The number of amides is 1. The summed E-state index contributed by atoms with van der Waals surface area (Å²) in [4.78, 5) is 28.7. The second-order valence-corrected chi connectivity index (χ2v) is 7.96. The van der Waals surface area contributed by atoms with E-state index in [1.54, 1.807) is 23.9 Å². The first-order chi connectivity index (χ1) is 12.5. The van der Waals surface area contributed by atoms with Crippen molar-refractivity contribution < 1.29 is 9.59 Å². The van der Waals surface area contributed by atoms with Gasteiger partial charge >= 0.3 is 0 Å². The van der Waals surface area contributed by atoms with Crippen LogP contribution in [0, 0.1) is 12.8 Å². The molecule has 3 rings (SSSR count). The Labute approximate surface area is 163 Å². The molecule has 3 nitrogen and oxygen atoms in total. The number of carbonyl (C=O) groups excluding carboxylic acids is 2. The van der Waals surface area contributed by atoms with E-state index < -0.39 is 0 Å².